The lowest BCUT2D eigenvalue weighted by Gasteiger charge is -2.13. The lowest BCUT2D eigenvalue weighted by atomic mass is 9.98. The van der Waals surface area contributed by atoms with Crippen LogP contribution in [0.5, 0.6) is 0 Å². The Kier molecular flexibility index (Phi) is 7.25. The minimum atomic E-state index is -0.484. The highest BCUT2D eigenvalue weighted by Gasteiger charge is 2.21. The van der Waals surface area contributed by atoms with Crippen LogP contribution in [0.2, 0.25) is 0 Å². The van der Waals surface area contributed by atoms with Crippen LogP contribution >= 0.6 is 11.3 Å². The molecule has 0 saturated carbocycles. The molecule has 0 N–H and O–H groups in total. The van der Waals surface area contributed by atoms with Gasteiger partial charge in [-0.05, 0) is 86.3 Å². The zero-order valence-corrected chi connectivity index (χ0v) is 34.9. The van der Waals surface area contributed by atoms with Crippen molar-refractivity contribution >= 4 is 74.9 Å². The Hall–Kier alpha value is -8.25. The summed E-state index contributed by atoms with van der Waals surface area (Å²) in [6, 6.07) is 63.3. The van der Waals surface area contributed by atoms with E-state index in [1.165, 1.54) is 0 Å². The molecule has 3 heterocycles. The van der Waals surface area contributed by atoms with Crippen molar-refractivity contribution in [2.24, 2.45) is 0 Å². The van der Waals surface area contributed by atoms with Gasteiger partial charge in [-0.15, -0.1) is 11.3 Å². The van der Waals surface area contributed by atoms with Gasteiger partial charge in [0, 0.05) is 53.3 Å². The maximum atomic E-state index is 9.07. The van der Waals surface area contributed by atoms with E-state index in [9.17, 15) is 0 Å². The Morgan fingerprint density at radius 2 is 0.969 bits per heavy atom. The number of fused-ring (bicyclic) bond motifs is 9. The summed E-state index contributed by atoms with van der Waals surface area (Å²) in [5.41, 5.74) is 8.81. The molecule has 0 aliphatic heterocycles. The van der Waals surface area contributed by atoms with Gasteiger partial charge in [-0.25, -0.2) is 15.0 Å². The minimum Gasteiger partial charge on any atom is -0.309 e. The first-order chi connectivity index (χ1) is 33.8. The monoisotopic (exact) mass is 837 g/mol. The molecule has 0 aliphatic carbocycles. The van der Waals surface area contributed by atoms with Gasteiger partial charge in [-0.3, -0.25) is 0 Å². The standard InChI is InChI=1S/C59H36N4S/c1-3-14-37(15-4-1)40-19-13-20-41(32-40)42-28-31-50-51-35-45(63-53-24-11-9-22-48(53)49-23-10-12-25-54(49)63)36-52(56(51)64-55(50)34-42)59-61-57(39-17-5-2-6-18-39)60-58(62-59)44-29-30-47-43(33-44)27-26-38-16-7-8-21-46(38)47/h1-36H/i2D,5D,6D,17D,18D. The van der Waals surface area contributed by atoms with Gasteiger partial charge < -0.3 is 4.57 Å². The smallest absolute Gasteiger partial charge is 0.165 e. The molecule has 0 radical (unpaired) electrons. The van der Waals surface area contributed by atoms with Crippen molar-refractivity contribution in [3.63, 3.8) is 0 Å². The highest BCUT2D eigenvalue weighted by molar-refractivity contribution is 7.26. The Labute approximate surface area is 380 Å². The third-order valence-electron chi connectivity index (χ3n) is 12.3. The molecule has 0 amide bonds. The number of aromatic nitrogens is 4. The molecule has 0 unspecified atom stereocenters. The normalized spacial score (nSPS) is 12.8. The van der Waals surface area contributed by atoms with E-state index in [1.54, 1.807) is 11.3 Å². The van der Waals surface area contributed by atoms with Crippen molar-refractivity contribution in [3.05, 3.63) is 218 Å². The molecule has 0 saturated heterocycles. The van der Waals surface area contributed by atoms with E-state index in [0.29, 0.717) is 17.2 Å². The van der Waals surface area contributed by atoms with Gasteiger partial charge >= 0.3 is 0 Å². The fourth-order valence-corrected chi connectivity index (χ4v) is 10.5. The molecule has 5 heteroatoms. The Bertz CT molecular complexity index is 4200. The number of rotatable bonds is 6. The van der Waals surface area contributed by atoms with Crippen LogP contribution in [0.3, 0.4) is 0 Å². The average molecular weight is 838 g/mol. The molecular formula is C59H36N4S. The van der Waals surface area contributed by atoms with E-state index in [1.807, 2.05) is 30.3 Å². The van der Waals surface area contributed by atoms with Crippen LogP contribution in [0.15, 0.2) is 218 Å². The Morgan fingerprint density at radius 3 is 1.77 bits per heavy atom. The molecular weight excluding hydrogens is 797 g/mol. The summed E-state index contributed by atoms with van der Waals surface area (Å²) in [7, 11) is 0. The van der Waals surface area contributed by atoms with Gasteiger partial charge in [0.25, 0.3) is 0 Å². The number of para-hydroxylation sites is 2. The van der Waals surface area contributed by atoms with E-state index < -0.39 is 18.1 Å². The molecule has 0 spiro atoms. The summed E-state index contributed by atoms with van der Waals surface area (Å²) in [6.45, 7) is 0. The molecule has 10 aromatic carbocycles. The molecule has 13 rings (SSSR count). The van der Waals surface area contributed by atoms with Gasteiger partial charge in [-0.1, -0.05) is 176 Å². The SMILES string of the molecule is [2H]c1c([2H])c([2H])c(-c2nc(-c3ccc4c(ccc5ccccc54)c3)nc(-c3cc(-n4c5ccccc5c5ccccc54)cc4c3sc3cc(-c5cccc(-c6ccccc6)c5)ccc34)n2)c([2H])c1[2H]. The minimum absolute atomic E-state index is 0.0114. The zero-order valence-electron chi connectivity index (χ0n) is 39.1. The summed E-state index contributed by atoms with van der Waals surface area (Å²) < 4.78 is 48.1. The van der Waals surface area contributed by atoms with Crippen molar-refractivity contribution in [2.45, 2.75) is 0 Å². The molecule has 64 heavy (non-hydrogen) atoms. The summed E-state index contributed by atoms with van der Waals surface area (Å²) in [4.78, 5) is 15.4. The summed E-state index contributed by atoms with van der Waals surface area (Å²) in [6.07, 6.45) is 0. The number of nitrogens with zero attached hydrogens (tertiary/aromatic N) is 4. The number of benzene rings is 10. The van der Waals surface area contributed by atoms with Crippen LogP contribution < -0.4 is 0 Å². The van der Waals surface area contributed by atoms with Crippen molar-refractivity contribution in [3.8, 4) is 62.1 Å². The van der Waals surface area contributed by atoms with Crippen molar-refractivity contribution in [1.29, 1.82) is 0 Å². The average Bonchev–Trinajstić information content (AvgIpc) is 3.95. The second kappa shape index (κ2) is 14.7. The number of hydrogen-bond donors (Lipinski definition) is 0. The largest absolute Gasteiger partial charge is 0.309 e. The topological polar surface area (TPSA) is 43.6 Å². The second-order valence-corrected chi connectivity index (χ2v) is 17.1. The molecule has 0 aliphatic rings. The second-order valence-electron chi connectivity index (χ2n) is 16.0. The third kappa shape index (κ3) is 6.01. The summed E-state index contributed by atoms with van der Waals surface area (Å²) in [5.74, 6) is 0.618. The Balaban J connectivity index is 1.09. The predicted octanol–water partition coefficient (Wildman–Crippen LogP) is 16.0. The number of hydrogen-bond acceptors (Lipinski definition) is 4. The van der Waals surface area contributed by atoms with E-state index >= 15 is 0 Å². The molecule has 13 aromatic rings. The van der Waals surface area contributed by atoms with Crippen molar-refractivity contribution in [2.75, 3.05) is 0 Å². The van der Waals surface area contributed by atoms with Crippen LogP contribution in [0.1, 0.15) is 6.85 Å². The van der Waals surface area contributed by atoms with Gasteiger partial charge in [0.15, 0.2) is 17.5 Å². The number of thiophene rings is 1. The van der Waals surface area contributed by atoms with Crippen molar-refractivity contribution in [1.82, 2.24) is 19.5 Å². The highest BCUT2D eigenvalue weighted by atomic mass is 32.1. The third-order valence-corrected chi connectivity index (χ3v) is 13.5. The van der Waals surface area contributed by atoms with Gasteiger partial charge in [-0.2, -0.15) is 0 Å². The van der Waals surface area contributed by atoms with Gasteiger partial charge in [0.2, 0.25) is 0 Å². The molecule has 4 nitrogen and oxygen atoms in total. The van der Waals surface area contributed by atoms with Gasteiger partial charge in [0.05, 0.1) is 17.9 Å². The van der Waals surface area contributed by atoms with Crippen LogP contribution in [0, 0.1) is 0 Å². The van der Waals surface area contributed by atoms with Crippen LogP contribution in [-0.4, -0.2) is 19.5 Å². The fourth-order valence-electron chi connectivity index (χ4n) is 9.30. The summed E-state index contributed by atoms with van der Waals surface area (Å²) >= 11 is 1.66. The summed E-state index contributed by atoms with van der Waals surface area (Å²) in [5, 5.41) is 8.66. The van der Waals surface area contributed by atoms with Gasteiger partial charge in [0.1, 0.15) is 0 Å². The zero-order chi connectivity index (χ0) is 46.5. The molecule has 298 valence electrons. The quantitative estimate of drug-likeness (QED) is 0.157. The fraction of sp³-hybridized carbons (Fsp3) is 0. The first kappa shape index (κ1) is 31.6. The molecule has 0 atom stereocenters. The van der Waals surface area contributed by atoms with Crippen molar-refractivity contribution < 1.29 is 6.85 Å². The Morgan fingerprint density at radius 1 is 0.375 bits per heavy atom. The predicted molar refractivity (Wildman–Crippen MR) is 269 cm³/mol. The van der Waals surface area contributed by atoms with E-state index in [2.05, 4.69) is 162 Å². The highest BCUT2D eigenvalue weighted by Crippen LogP contribution is 2.44. The van der Waals surface area contributed by atoms with E-state index in [4.69, 9.17) is 21.8 Å². The lowest BCUT2D eigenvalue weighted by Crippen LogP contribution is -2.01. The maximum Gasteiger partial charge on any atom is 0.165 e. The van der Waals surface area contributed by atoms with Crippen LogP contribution in [0.25, 0.3) is 126 Å². The lowest BCUT2D eigenvalue weighted by molar-refractivity contribution is 1.08. The van der Waals surface area contributed by atoms with Crippen LogP contribution in [0.4, 0.5) is 0 Å². The maximum absolute atomic E-state index is 9.07. The first-order valence-electron chi connectivity index (χ1n) is 23.7. The van der Waals surface area contributed by atoms with E-state index in [-0.39, 0.29) is 23.5 Å². The molecule has 0 bridgehead atoms. The molecule has 3 aromatic heterocycles. The van der Waals surface area contributed by atoms with Crippen LogP contribution in [-0.2, 0) is 0 Å². The van der Waals surface area contributed by atoms with E-state index in [0.717, 1.165) is 97.0 Å². The molecule has 0 fully saturated rings. The first-order valence-corrected chi connectivity index (χ1v) is 22.0.